The van der Waals surface area contributed by atoms with Crippen molar-refractivity contribution in [2.45, 2.75) is 37.1 Å². The van der Waals surface area contributed by atoms with Crippen molar-refractivity contribution in [1.29, 1.82) is 0 Å². The molecule has 5 heteroatoms. The second kappa shape index (κ2) is 5.80. The standard InChI is InChI=1S/C18H23N3O2/c1-19-17(21-14-4-2-3-5-14)20-11-18(8-9-18)13-6-7-15-16(10-13)23-12-22-15/h2-3,6-7,10,14H,4-5,8-9,11-12H2,1H3,(H2,19,20,21). The predicted molar refractivity (Wildman–Crippen MR) is 90.1 cm³/mol. The molecule has 0 atom stereocenters. The molecule has 0 unspecified atom stereocenters. The summed E-state index contributed by atoms with van der Waals surface area (Å²) in [6.07, 6.45) is 8.99. The maximum absolute atomic E-state index is 5.51. The highest BCUT2D eigenvalue weighted by atomic mass is 16.7. The Kier molecular flexibility index (Phi) is 3.63. The first kappa shape index (κ1) is 14.4. The van der Waals surface area contributed by atoms with E-state index in [0.29, 0.717) is 12.8 Å². The van der Waals surface area contributed by atoms with Crippen LogP contribution in [0, 0.1) is 0 Å². The summed E-state index contributed by atoms with van der Waals surface area (Å²) in [6.45, 7) is 1.22. The van der Waals surface area contributed by atoms with E-state index in [2.05, 4.69) is 39.9 Å². The molecule has 0 radical (unpaired) electrons. The molecule has 23 heavy (non-hydrogen) atoms. The van der Waals surface area contributed by atoms with E-state index < -0.39 is 0 Å². The van der Waals surface area contributed by atoms with Gasteiger partial charge in [-0.05, 0) is 43.4 Å². The van der Waals surface area contributed by atoms with Crippen LogP contribution in [0.5, 0.6) is 11.5 Å². The van der Waals surface area contributed by atoms with E-state index in [1.807, 2.05) is 13.1 Å². The molecule has 0 bridgehead atoms. The lowest BCUT2D eigenvalue weighted by Crippen LogP contribution is -2.45. The van der Waals surface area contributed by atoms with Crippen molar-refractivity contribution in [3.05, 3.63) is 35.9 Å². The highest BCUT2D eigenvalue weighted by Gasteiger charge is 2.44. The van der Waals surface area contributed by atoms with Crippen molar-refractivity contribution < 1.29 is 9.47 Å². The zero-order valence-electron chi connectivity index (χ0n) is 13.5. The third kappa shape index (κ3) is 2.87. The molecule has 122 valence electrons. The quantitative estimate of drug-likeness (QED) is 0.509. The largest absolute Gasteiger partial charge is 0.454 e. The average molecular weight is 313 g/mol. The van der Waals surface area contributed by atoms with Gasteiger partial charge >= 0.3 is 0 Å². The fourth-order valence-corrected chi connectivity index (χ4v) is 3.32. The maximum atomic E-state index is 5.51. The number of benzene rings is 1. The Morgan fingerprint density at radius 1 is 1.22 bits per heavy atom. The van der Waals surface area contributed by atoms with Crippen LogP contribution in [0.25, 0.3) is 0 Å². The van der Waals surface area contributed by atoms with Crippen molar-refractivity contribution in [3.63, 3.8) is 0 Å². The topological polar surface area (TPSA) is 54.9 Å². The third-order valence-corrected chi connectivity index (χ3v) is 5.01. The number of nitrogens with zero attached hydrogens (tertiary/aromatic N) is 1. The van der Waals surface area contributed by atoms with Gasteiger partial charge in [0, 0.05) is 25.0 Å². The van der Waals surface area contributed by atoms with Crippen LogP contribution < -0.4 is 20.1 Å². The summed E-state index contributed by atoms with van der Waals surface area (Å²) in [5.74, 6) is 2.61. The van der Waals surface area contributed by atoms with Gasteiger partial charge in [0.25, 0.3) is 0 Å². The molecule has 1 saturated carbocycles. The van der Waals surface area contributed by atoms with Gasteiger partial charge in [0.05, 0.1) is 0 Å². The second-order valence-corrected chi connectivity index (χ2v) is 6.56. The Hall–Kier alpha value is -2.17. The van der Waals surface area contributed by atoms with E-state index in [4.69, 9.17) is 9.47 Å². The van der Waals surface area contributed by atoms with E-state index in [-0.39, 0.29) is 5.41 Å². The molecule has 1 heterocycles. The minimum absolute atomic E-state index is 0.201. The number of guanidine groups is 1. The summed E-state index contributed by atoms with van der Waals surface area (Å²) < 4.78 is 10.9. The van der Waals surface area contributed by atoms with Gasteiger partial charge in [0.15, 0.2) is 17.5 Å². The van der Waals surface area contributed by atoms with Gasteiger partial charge in [0.1, 0.15) is 0 Å². The summed E-state index contributed by atoms with van der Waals surface area (Å²) in [6, 6.07) is 6.80. The van der Waals surface area contributed by atoms with Gasteiger partial charge in [-0.15, -0.1) is 0 Å². The van der Waals surface area contributed by atoms with Gasteiger partial charge in [-0.25, -0.2) is 0 Å². The molecule has 1 aliphatic heterocycles. The van der Waals surface area contributed by atoms with Crippen LogP contribution in [0.2, 0.25) is 0 Å². The van der Waals surface area contributed by atoms with Crippen molar-refractivity contribution in [3.8, 4) is 11.5 Å². The Morgan fingerprint density at radius 2 is 2.00 bits per heavy atom. The van der Waals surface area contributed by atoms with E-state index in [1.54, 1.807) is 0 Å². The molecule has 0 spiro atoms. The van der Waals surface area contributed by atoms with Crippen LogP contribution in [0.1, 0.15) is 31.2 Å². The van der Waals surface area contributed by atoms with Crippen LogP contribution >= 0.6 is 0 Å². The Bertz CT molecular complexity index is 642. The molecular formula is C18H23N3O2. The van der Waals surface area contributed by atoms with Crippen LogP contribution in [0.4, 0.5) is 0 Å². The number of hydrogen-bond donors (Lipinski definition) is 2. The number of hydrogen-bond acceptors (Lipinski definition) is 3. The van der Waals surface area contributed by atoms with E-state index >= 15 is 0 Å². The fourth-order valence-electron chi connectivity index (χ4n) is 3.32. The summed E-state index contributed by atoms with van der Waals surface area (Å²) in [7, 11) is 1.83. The van der Waals surface area contributed by atoms with E-state index in [0.717, 1.165) is 36.8 Å². The van der Waals surface area contributed by atoms with Crippen molar-refractivity contribution >= 4 is 5.96 Å². The Morgan fingerprint density at radius 3 is 2.74 bits per heavy atom. The van der Waals surface area contributed by atoms with Crippen molar-refractivity contribution in [2.75, 3.05) is 20.4 Å². The Balaban J connectivity index is 1.39. The molecule has 4 rings (SSSR count). The predicted octanol–water partition coefficient (Wildman–Crippen LogP) is 2.33. The van der Waals surface area contributed by atoms with Gasteiger partial charge < -0.3 is 20.1 Å². The highest BCUT2D eigenvalue weighted by Crippen LogP contribution is 2.49. The number of rotatable bonds is 4. The van der Waals surface area contributed by atoms with Gasteiger partial charge in [-0.1, -0.05) is 18.2 Å². The zero-order valence-corrected chi connectivity index (χ0v) is 13.5. The third-order valence-electron chi connectivity index (χ3n) is 5.01. The summed E-state index contributed by atoms with van der Waals surface area (Å²) in [5, 5.41) is 7.00. The summed E-state index contributed by atoms with van der Waals surface area (Å²) in [5.41, 5.74) is 1.53. The number of aliphatic imine (C=N–C) groups is 1. The van der Waals surface area contributed by atoms with E-state index in [1.165, 1.54) is 18.4 Å². The SMILES string of the molecule is CN=C(NCC1(c2ccc3c(c2)OCO3)CC1)NC1CC=CC1. The Labute approximate surface area is 136 Å². The minimum atomic E-state index is 0.201. The molecule has 2 N–H and O–H groups in total. The number of fused-ring (bicyclic) bond motifs is 1. The number of nitrogens with one attached hydrogen (secondary N) is 2. The lowest BCUT2D eigenvalue weighted by Gasteiger charge is -2.21. The smallest absolute Gasteiger partial charge is 0.231 e. The van der Waals surface area contributed by atoms with Crippen LogP contribution in [0.15, 0.2) is 35.3 Å². The van der Waals surface area contributed by atoms with E-state index in [9.17, 15) is 0 Å². The van der Waals surface area contributed by atoms with Crippen molar-refractivity contribution in [1.82, 2.24) is 10.6 Å². The maximum Gasteiger partial charge on any atom is 0.231 e. The molecule has 1 aromatic rings. The lowest BCUT2D eigenvalue weighted by atomic mass is 9.95. The average Bonchev–Trinajstić information content (AvgIpc) is 2.99. The molecule has 0 saturated heterocycles. The molecule has 0 amide bonds. The monoisotopic (exact) mass is 313 g/mol. The van der Waals surface area contributed by atoms with Crippen molar-refractivity contribution in [2.24, 2.45) is 4.99 Å². The normalized spacial score (nSPS) is 21.5. The first-order valence-corrected chi connectivity index (χ1v) is 8.31. The molecular weight excluding hydrogens is 290 g/mol. The fraction of sp³-hybridized carbons (Fsp3) is 0.500. The first-order valence-electron chi connectivity index (χ1n) is 8.31. The zero-order chi connectivity index (χ0) is 15.7. The summed E-state index contributed by atoms with van der Waals surface area (Å²) >= 11 is 0. The van der Waals surface area contributed by atoms with Gasteiger partial charge in [0.2, 0.25) is 6.79 Å². The molecule has 1 aromatic carbocycles. The lowest BCUT2D eigenvalue weighted by molar-refractivity contribution is 0.174. The van der Waals surface area contributed by atoms with Gasteiger partial charge in [-0.2, -0.15) is 0 Å². The van der Waals surface area contributed by atoms with Crippen LogP contribution in [0.3, 0.4) is 0 Å². The van der Waals surface area contributed by atoms with Crippen LogP contribution in [-0.4, -0.2) is 32.4 Å². The summed E-state index contributed by atoms with van der Waals surface area (Å²) in [4.78, 5) is 4.36. The molecule has 3 aliphatic rings. The highest BCUT2D eigenvalue weighted by molar-refractivity contribution is 5.80. The molecule has 2 aliphatic carbocycles. The molecule has 5 nitrogen and oxygen atoms in total. The first-order chi connectivity index (χ1) is 11.3. The molecule has 1 fully saturated rings. The number of ether oxygens (including phenoxy) is 2. The van der Waals surface area contributed by atoms with Gasteiger partial charge in [-0.3, -0.25) is 4.99 Å². The second-order valence-electron chi connectivity index (χ2n) is 6.56. The van der Waals surface area contributed by atoms with Crippen LogP contribution in [-0.2, 0) is 5.41 Å². The minimum Gasteiger partial charge on any atom is -0.454 e. The molecule has 0 aromatic heterocycles.